The third-order valence-electron chi connectivity index (χ3n) is 6.39. The molecule has 2 N–H and O–H groups in total. The van der Waals surface area contributed by atoms with Crippen molar-refractivity contribution in [3.05, 3.63) is 68.4 Å². The second-order valence-electron chi connectivity index (χ2n) is 8.78. The van der Waals surface area contributed by atoms with E-state index in [1.54, 1.807) is 0 Å². The number of hydrogen-bond acceptors (Lipinski definition) is 4. The predicted molar refractivity (Wildman–Crippen MR) is 139 cm³/mol. The molecule has 2 aromatic carbocycles. The number of nitrogens with zero attached hydrogens (tertiary/aromatic N) is 2. The predicted octanol–water partition coefficient (Wildman–Crippen LogP) is 6.08. The van der Waals surface area contributed by atoms with E-state index in [4.69, 9.17) is 16.6 Å². The lowest BCUT2D eigenvalue weighted by Gasteiger charge is -2.30. The van der Waals surface area contributed by atoms with E-state index in [1.165, 1.54) is 24.6 Å². The number of benzene rings is 2. The summed E-state index contributed by atoms with van der Waals surface area (Å²) in [6, 6.07) is 9.82. The zero-order valence-electron chi connectivity index (χ0n) is 19.3. The van der Waals surface area contributed by atoms with Crippen LogP contribution in [0.4, 0.5) is 10.2 Å². The minimum atomic E-state index is -1.11. The zero-order chi connectivity index (χ0) is 25.1. The summed E-state index contributed by atoms with van der Waals surface area (Å²) in [4.78, 5) is 32.2. The number of halogens is 3. The molecule has 4 rings (SSSR count). The number of carbonyl (C=O) groups excluding carboxylic acids is 1. The van der Waals surface area contributed by atoms with E-state index >= 15 is 0 Å². The van der Waals surface area contributed by atoms with Crippen molar-refractivity contribution in [2.75, 3.05) is 24.5 Å². The summed E-state index contributed by atoms with van der Waals surface area (Å²) in [5, 5.41) is 13.1. The van der Waals surface area contributed by atoms with Crippen molar-refractivity contribution in [2.45, 2.75) is 38.5 Å². The summed E-state index contributed by atoms with van der Waals surface area (Å²) < 4.78 is 15.4. The van der Waals surface area contributed by atoms with Crippen LogP contribution in [0.2, 0.25) is 5.02 Å². The number of amides is 1. The van der Waals surface area contributed by atoms with Gasteiger partial charge in [0.1, 0.15) is 11.6 Å². The number of aromatic nitrogens is 1. The molecule has 1 amide bonds. The average Bonchev–Trinajstić information content (AvgIpc) is 2.82. The monoisotopic (exact) mass is 561 g/mol. The van der Waals surface area contributed by atoms with Gasteiger partial charge < -0.3 is 15.3 Å². The summed E-state index contributed by atoms with van der Waals surface area (Å²) in [6.07, 6.45) is 2.94. The Morgan fingerprint density at radius 3 is 2.66 bits per heavy atom. The maximum absolute atomic E-state index is 14.6. The minimum Gasteiger partial charge on any atom is -0.481 e. The van der Waals surface area contributed by atoms with Gasteiger partial charge in [-0.1, -0.05) is 33.6 Å². The SMILES string of the molecule is Cc1c(N2CCCCC2)nc2ccc(Br)cc2c1C(=O)NC[C@@H](CC(=O)O)c1c(F)cccc1Cl. The van der Waals surface area contributed by atoms with E-state index < -0.39 is 17.7 Å². The number of pyridine rings is 1. The van der Waals surface area contributed by atoms with Crippen LogP contribution in [0.25, 0.3) is 10.9 Å². The van der Waals surface area contributed by atoms with Crippen molar-refractivity contribution in [3.8, 4) is 0 Å². The molecule has 2 heterocycles. The van der Waals surface area contributed by atoms with E-state index in [0.717, 1.165) is 41.8 Å². The molecule has 184 valence electrons. The van der Waals surface area contributed by atoms with E-state index in [1.807, 2.05) is 25.1 Å². The Bertz CT molecular complexity index is 1260. The van der Waals surface area contributed by atoms with Gasteiger partial charge >= 0.3 is 5.97 Å². The van der Waals surface area contributed by atoms with Crippen molar-refractivity contribution in [1.82, 2.24) is 10.3 Å². The number of carbonyl (C=O) groups is 2. The van der Waals surface area contributed by atoms with Crippen LogP contribution >= 0.6 is 27.5 Å². The van der Waals surface area contributed by atoms with Crippen LogP contribution in [0.1, 0.15) is 53.1 Å². The first-order valence-corrected chi connectivity index (χ1v) is 12.7. The van der Waals surface area contributed by atoms with Gasteiger partial charge in [0.25, 0.3) is 5.91 Å². The molecule has 1 aliphatic rings. The van der Waals surface area contributed by atoms with E-state index in [0.29, 0.717) is 16.5 Å². The topological polar surface area (TPSA) is 82.5 Å². The van der Waals surface area contributed by atoms with Gasteiger partial charge in [-0.05, 0) is 56.5 Å². The Labute approximate surface area is 216 Å². The Morgan fingerprint density at radius 2 is 1.97 bits per heavy atom. The summed E-state index contributed by atoms with van der Waals surface area (Å²) in [5.41, 5.74) is 2.02. The van der Waals surface area contributed by atoms with Crippen molar-refractivity contribution < 1.29 is 19.1 Å². The van der Waals surface area contributed by atoms with Gasteiger partial charge in [-0.15, -0.1) is 0 Å². The summed E-state index contributed by atoms with van der Waals surface area (Å²) in [6.45, 7) is 3.56. The average molecular weight is 563 g/mol. The molecule has 0 bridgehead atoms. The number of anilines is 1. The van der Waals surface area contributed by atoms with Crippen LogP contribution < -0.4 is 10.2 Å². The molecule has 0 radical (unpaired) electrons. The summed E-state index contributed by atoms with van der Waals surface area (Å²) in [7, 11) is 0. The molecule has 6 nitrogen and oxygen atoms in total. The van der Waals surface area contributed by atoms with Crippen molar-refractivity contribution in [2.24, 2.45) is 0 Å². The first-order valence-electron chi connectivity index (χ1n) is 11.5. The lowest BCUT2D eigenvalue weighted by atomic mass is 9.94. The number of nitrogens with one attached hydrogen (secondary N) is 1. The smallest absolute Gasteiger partial charge is 0.304 e. The van der Waals surface area contributed by atoms with Gasteiger partial charge in [0, 0.05) is 51.6 Å². The van der Waals surface area contributed by atoms with Crippen molar-refractivity contribution >= 4 is 56.1 Å². The largest absolute Gasteiger partial charge is 0.481 e. The first kappa shape index (κ1) is 25.4. The highest BCUT2D eigenvalue weighted by atomic mass is 79.9. The highest BCUT2D eigenvalue weighted by molar-refractivity contribution is 9.10. The highest BCUT2D eigenvalue weighted by Gasteiger charge is 2.26. The molecule has 3 aromatic rings. The van der Waals surface area contributed by atoms with Gasteiger partial charge in [0.05, 0.1) is 17.5 Å². The number of fused-ring (bicyclic) bond motifs is 1. The van der Waals surface area contributed by atoms with Crippen LogP contribution in [0.5, 0.6) is 0 Å². The number of aliphatic carboxylic acids is 1. The molecule has 1 aromatic heterocycles. The molecule has 1 aliphatic heterocycles. The van der Waals surface area contributed by atoms with E-state index in [-0.39, 0.29) is 29.5 Å². The molecule has 1 saturated heterocycles. The van der Waals surface area contributed by atoms with Crippen LogP contribution in [-0.4, -0.2) is 41.6 Å². The molecule has 35 heavy (non-hydrogen) atoms. The maximum atomic E-state index is 14.6. The Balaban J connectivity index is 1.71. The van der Waals surface area contributed by atoms with E-state index in [2.05, 4.69) is 26.1 Å². The molecule has 9 heteroatoms. The Morgan fingerprint density at radius 1 is 1.23 bits per heavy atom. The molecule has 1 fully saturated rings. The molecule has 0 unspecified atom stereocenters. The quantitative estimate of drug-likeness (QED) is 0.365. The number of carboxylic acids is 1. The molecular formula is C26H26BrClFN3O3. The summed E-state index contributed by atoms with van der Waals surface area (Å²) >= 11 is 9.68. The minimum absolute atomic E-state index is 0.0813. The molecule has 1 atom stereocenters. The van der Waals surface area contributed by atoms with Gasteiger partial charge in [-0.25, -0.2) is 9.37 Å². The Hall–Kier alpha value is -2.71. The number of piperidine rings is 1. The van der Waals surface area contributed by atoms with Gasteiger partial charge in [-0.3, -0.25) is 9.59 Å². The van der Waals surface area contributed by atoms with Gasteiger partial charge in [-0.2, -0.15) is 0 Å². The fourth-order valence-corrected chi connectivity index (χ4v) is 5.39. The fourth-order valence-electron chi connectivity index (χ4n) is 4.72. The fraction of sp³-hybridized carbons (Fsp3) is 0.346. The molecule has 0 spiro atoms. The van der Waals surface area contributed by atoms with Crippen LogP contribution in [0.15, 0.2) is 40.9 Å². The van der Waals surface area contributed by atoms with Crippen LogP contribution in [0.3, 0.4) is 0 Å². The lowest BCUT2D eigenvalue weighted by molar-refractivity contribution is -0.137. The third kappa shape index (κ3) is 5.59. The normalized spacial score (nSPS) is 14.7. The molecule has 0 aliphatic carbocycles. The number of hydrogen-bond donors (Lipinski definition) is 2. The zero-order valence-corrected chi connectivity index (χ0v) is 21.6. The first-order chi connectivity index (χ1) is 16.8. The molecule has 0 saturated carbocycles. The maximum Gasteiger partial charge on any atom is 0.304 e. The van der Waals surface area contributed by atoms with E-state index in [9.17, 15) is 19.1 Å². The second-order valence-corrected chi connectivity index (χ2v) is 10.1. The van der Waals surface area contributed by atoms with Gasteiger partial charge in [0.15, 0.2) is 0 Å². The van der Waals surface area contributed by atoms with Gasteiger partial charge in [0.2, 0.25) is 0 Å². The van der Waals surface area contributed by atoms with Crippen molar-refractivity contribution in [3.63, 3.8) is 0 Å². The number of carboxylic acid groups (broad SMARTS) is 1. The lowest BCUT2D eigenvalue weighted by Crippen LogP contribution is -2.33. The Kier molecular flexibility index (Phi) is 7.91. The highest BCUT2D eigenvalue weighted by Crippen LogP contribution is 2.33. The summed E-state index contributed by atoms with van der Waals surface area (Å²) in [5.74, 6) is -2.12. The van der Waals surface area contributed by atoms with Crippen LogP contribution in [0, 0.1) is 12.7 Å². The third-order valence-corrected chi connectivity index (χ3v) is 7.21. The van der Waals surface area contributed by atoms with Crippen LogP contribution in [-0.2, 0) is 4.79 Å². The standard InChI is InChI=1S/C26H26BrClFN3O3/c1-15-23(18-13-17(27)8-9-21(18)31-25(15)32-10-3-2-4-11-32)26(35)30-14-16(12-22(33)34)24-19(28)6-5-7-20(24)29/h5-9,13,16H,2-4,10-12,14H2,1H3,(H,30,35)(H,33,34)/t16-/m1/s1. The second kappa shape index (κ2) is 10.9. The van der Waals surface area contributed by atoms with Crippen molar-refractivity contribution in [1.29, 1.82) is 0 Å². The molecular weight excluding hydrogens is 537 g/mol. The number of rotatable bonds is 7.